The lowest BCUT2D eigenvalue weighted by Crippen LogP contribution is -2.52. The van der Waals surface area contributed by atoms with E-state index in [4.69, 9.17) is 0 Å². The van der Waals surface area contributed by atoms with Gasteiger partial charge in [0.2, 0.25) is 11.8 Å². The molecule has 2 aliphatic heterocycles. The molecule has 0 aliphatic carbocycles. The van der Waals surface area contributed by atoms with Crippen molar-refractivity contribution in [3.05, 3.63) is 0 Å². The Hall–Kier alpha value is -0.460. The molecule has 0 bridgehead atoms. The van der Waals surface area contributed by atoms with E-state index in [1.54, 1.807) is 16.7 Å². The van der Waals surface area contributed by atoms with Crippen molar-refractivity contribution in [2.75, 3.05) is 38.3 Å². The molecule has 2 amide bonds. The van der Waals surface area contributed by atoms with Crippen molar-refractivity contribution in [2.45, 2.75) is 32.2 Å². The van der Waals surface area contributed by atoms with Crippen molar-refractivity contribution in [1.82, 2.24) is 15.1 Å². The van der Waals surface area contributed by atoms with Gasteiger partial charge in [-0.25, -0.2) is 0 Å². The van der Waals surface area contributed by atoms with Crippen molar-refractivity contribution in [3.63, 3.8) is 0 Å². The molecule has 2 saturated heterocycles. The van der Waals surface area contributed by atoms with E-state index in [9.17, 15) is 9.59 Å². The van der Waals surface area contributed by atoms with Crippen LogP contribution < -0.4 is 5.32 Å². The third-order valence-corrected chi connectivity index (χ3v) is 5.13. The molecule has 0 aromatic carbocycles. The fourth-order valence-corrected chi connectivity index (χ4v) is 4.20. The highest BCUT2D eigenvalue weighted by atomic mass is 35.5. The van der Waals surface area contributed by atoms with Crippen LogP contribution in [0, 0.1) is 5.92 Å². The normalized spacial score (nSPS) is 25.6. The first-order valence-electron chi connectivity index (χ1n) is 7.48. The largest absolute Gasteiger partial charge is 0.341 e. The van der Waals surface area contributed by atoms with Crippen LogP contribution in [0.3, 0.4) is 0 Å². The number of hydrogen-bond acceptors (Lipinski definition) is 4. The highest BCUT2D eigenvalue weighted by molar-refractivity contribution is 7.99. The van der Waals surface area contributed by atoms with E-state index in [0.29, 0.717) is 18.2 Å². The van der Waals surface area contributed by atoms with Crippen molar-refractivity contribution in [3.8, 4) is 0 Å². The lowest BCUT2D eigenvalue weighted by Gasteiger charge is -2.35. The van der Waals surface area contributed by atoms with Gasteiger partial charge in [0.05, 0.1) is 5.88 Å². The molecule has 2 unspecified atom stereocenters. The second kappa shape index (κ2) is 8.86. The van der Waals surface area contributed by atoms with Crippen LogP contribution in [0.4, 0.5) is 0 Å². The summed E-state index contributed by atoms with van der Waals surface area (Å²) < 4.78 is 0. The minimum Gasteiger partial charge on any atom is -0.341 e. The van der Waals surface area contributed by atoms with E-state index >= 15 is 0 Å². The number of amides is 2. The maximum absolute atomic E-state index is 12.7. The highest BCUT2D eigenvalue weighted by Gasteiger charge is 2.37. The molecule has 21 heavy (non-hydrogen) atoms. The van der Waals surface area contributed by atoms with Gasteiger partial charge in [0.1, 0.15) is 6.04 Å². The molecule has 122 valence electrons. The Morgan fingerprint density at radius 2 is 2.14 bits per heavy atom. The Kier molecular flexibility index (Phi) is 7.84. The Labute approximate surface area is 137 Å². The number of piperidine rings is 1. The summed E-state index contributed by atoms with van der Waals surface area (Å²) in [6.45, 7) is 4.49. The van der Waals surface area contributed by atoms with Gasteiger partial charge in [-0.05, 0) is 32.4 Å². The highest BCUT2D eigenvalue weighted by Crippen LogP contribution is 2.25. The fourth-order valence-electron chi connectivity index (χ4n) is 3.03. The molecule has 2 fully saturated rings. The second-order valence-electron chi connectivity index (χ2n) is 5.58. The van der Waals surface area contributed by atoms with Crippen LogP contribution in [0.15, 0.2) is 0 Å². The number of nitrogens with zero attached hydrogens (tertiary/aromatic N) is 2. The predicted octanol–water partition coefficient (Wildman–Crippen LogP) is 1.18. The smallest absolute Gasteiger partial charge is 0.246 e. The number of halogens is 1. The lowest BCUT2D eigenvalue weighted by molar-refractivity contribution is -0.144. The Morgan fingerprint density at radius 3 is 2.81 bits per heavy atom. The van der Waals surface area contributed by atoms with Gasteiger partial charge in [-0.2, -0.15) is 0 Å². The maximum Gasteiger partial charge on any atom is 0.246 e. The van der Waals surface area contributed by atoms with E-state index in [-0.39, 0.29) is 30.3 Å². The molecule has 0 spiro atoms. The molecular formula is C14H26ClN3O2S. The van der Waals surface area contributed by atoms with E-state index in [1.165, 1.54) is 6.42 Å². The van der Waals surface area contributed by atoms with Crippen LogP contribution in [-0.4, -0.2) is 66.0 Å². The molecular weight excluding hydrogens is 310 g/mol. The van der Waals surface area contributed by atoms with Crippen molar-refractivity contribution >= 4 is 36.0 Å². The van der Waals surface area contributed by atoms with Gasteiger partial charge in [-0.3, -0.25) is 9.59 Å². The minimum atomic E-state index is -0.235. The first kappa shape index (κ1) is 18.6. The number of hydrogen-bond donors (Lipinski definition) is 1. The van der Waals surface area contributed by atoms with Crippen molar-refractivity contribution in [1.29, 1.82) is 0 Å². The third-order valence-electron chi connectivity index (χ3n) is 4.11. The van der Waals surface area contributed by atoms with Gasteiger partial charge in [0, 0.05) is 25.3 Å². The van der Waals surface area contributed by atoms with Crippen molar-refractivity contribution < 1.29 is 9.59 Å². The molecule has 0 aromatic rings. The number of thioether (sulfide) groups is 1. The second-order valence-corrected chi connectivity index (χ2v) is 6.58. The van der Waals surface area contributed by atoms with E-state index in [1.807, 2.05) is 18.9 Å². The topological polar surface area (TPSA) is 52.7 Å². The van der Waals surface area contributed by atoms with Crippen LogP contribution in [0.25, 0.3) is 0 Å². The van der Waals surface area contributed by atoms with Crippen LogP contribution in [0.2, 0.25) is 0 Å². The van der Waals surface area contributed by atoms with E-state index in [0.717, 1.165) is 31.8 Å². The van der Waals surface area contributed by atoms with Crippen LogP contribution in [0.1, 0.15) is 26.2 Å². The SMILES string of the molecule is CCC(=O)N1CSCC1C(=O)N1CCCC(CNC)C1.Cl. The minimum absolute atomic E-state index is 0. The number of nitrogens with one attached hydrogen (secondary N) is 1. The average Bonchev–Trinajstić information content (AvgIpc) is 2.95. The fraction of sp³-hybridized carbons (Fsp3) is 0.857. The zero-order valence-corrected chi connectivity index (χ0v) is 14.5. The number of carbonyl (C=O) groups excluding carboxylic acids is 2. The average molecular weight is 336 g/mol. The number of likely N-dealkylation sites (tertiary alicyclic amines) is 1. The Bertz CT molecular complexity index is 368. The summed E-state index contributed by atoms with van der Waals surface area (Å²) in [5.41, 5.74) is 0. The lowest BCUT2D eigenvalue weighted by atomic mass is 9.97. The molecule has 2 atom stereocenters. The quantitative estimate of drug-likeness (QED) is 0.838. The molecule has 0 aromatic heterocycles. The molecule has 7 heteroatoms. The molecule has 0 saturated carbocycles. The maximum atomic E-state index is 12.7. The summed E-state index contributed by atoms with van der Waals surface area (Å²) in [7, 11) is 1.95. The molecule has 2 aliphatic rings. The van der Waals surface area contributed by atoms with Gasteiger partial charge in [-0.1, -0.05) is 6.92 Å². The van der Waals surface area contributed by atoms with Gasteiger partial charge in [0.15, 0.2) is 0 Å². The van der Waals surface area contributed by atoms with Gasteiger partial charge in [-0.15, -0.1) is 24.2 Å². The monoisotopic (exact) mass is 335 g/mol. The molecule has 0 radical (unpaired) electrons. The molecule has 1 N–H and O–H groups in total. The van der Waals surface area contributed by atoms with E-state index in [2.05, 4.69) is 5.32 Å². The first-order valence-corrected chi connectivity index (χ1v) is 8.63. The first-order chi connectivity index (χ1) is 9.67. The number of carbonyl (C=O) groups is 2. The van der Waals surface area contributed by atoms with Gasteiger partial charge in [0.25, 0.3) is 0 Å². The van der Waals surface area contributed by atoms with Gasteiger partial charge < -0.3 is 15.1 Å². The Balaban J connectivity index is 0.00000220. The van der Waals surface area contributed by atoms with Crippen LogP contribution in [0.5, 0.6) is 0 Å². The summed E-state index contributed by atoms with van der Waals surface area (Å²) in [6.07, 6.45) is 2.73. The zero-order valence-electron chi connectivity index (χ0n) is 12.8. The number of rotatable bonds is 4. The summed E-state index contributed by atoms with van der Waals surface area (Å²) in [5, 5.41) is 3.20. The van der Waals surface area contributed by atoms with E-state index < -0.39 is 0 Å². The predicted molar refractivity (Wildman–Crippen MR) is 88.7 cm³/mol. The van der Waals surface area contributed by atoms with Crippen LogP contribution in [-0.2, 0) is 9.59 Å². The zero-order chi connectivity index (χ0) is 14.5. The molecule has 5 nitrogen and oxygen atoms in total. The third kappa shape index (κ3) is 4.50. The summed E-state index contributed by atoms with van der Waals surface area (Å²) in [6, 6.07) is -0.235. The Morgan fingerprint density at radius 1 is 1.38 bits per heavy atom. The summed E-state index contributed by atoms with van der Waals surface area (Å²) >= 11 is 1.68. The summed E-state index contributed by atoms with van der Waals surface area (Å²) in [4.78, 5) is 28.3. The molecule has 2 heterocycles. The molecule has 2 rings (SSSR count). The van der Waals surface area contributed by atoms with Gasteiger partial charge >= 0.3 is 0 Å². The summed E-state index contributed by atoms with van der Waals surface area (Å²) in [5.74, 6) is 2.20. The van der Waals surface area contributed by atoms with Crippen LogP contribution >= 0.6 is 24.2 Å². The van der Waals surface area contributed by atoms with Crippen molar-refractivity contribution in [2.24, 2.45) is 5.92 Å². The standard InChI is InChI=1S/C14H25N3O2S.ClH/c1-3-13(18)17-10-20-9-12(17)14(19)16-6-4-5-11(8-16)7-15-2;/h11-12,15H,3-10H2,1-2H3;1H.